The fourth-order valence-corrected chi connectivity index (χ4v) is 5.31. The summed E-state index contributed by atoms with van der Waals surface area (Å²) in [6.45, 7) is 7.82. The van der Waals surface area contributed by atoms with Crippen molar-refractivity contribution in [3.8, 4) is 0 Å². The van der Waals surface area contributed by atoms with Gasteiger partial charge in [0.1, 0.15) is 21.6 Å². The Morgan fingerprint density at radius 3 is 2.46 bits per heavy atom. The number of aromatic nitrogens is 2. The molecule has 182 valence electrons. The first-order valence-electron chi connectivity index (χ1n) is 11.6. The summed E-state index contributed by atoms with van der Waals surface area (Å²) in [5.41, 5.74) is 2.42. The lowest BCUT2D eigenvalue weighted by Crippen LogP contribution is -2.31. The number of carbonyl (C=O) groups excluding carboxylic acids is 1. The molecule has 0 spiro atoms. The minimum atomic E-state index is -0.338. The topological polar surface area (TPSA) is 57.9 Å². The van der Waals surface area contributed by atoms with E-state index in [1.165, 1.54) is 21.4 Å². The van der Waals surface area contributed by atoms with E-state index in [2.05, 4.69) is 18.7 Å². The van der Waals surface area contributed by atoms with Crippen molar-refractivity contribution in [2.45, 2.75) is 40.2 Å². The van der Waals surface area contributed by atoms with Gasteiger partial charge in [0.25, 0.3) is 11.5 Å². The quantitative estimate of drug-likeness (QED) is 0.308. The van der Waals surface area contributed by atoms with Gasteiger partial charge in [-0.15, -0.1) is 0 Å². The largest absolute Gasteiger partial charge is 0.356 e. The highest BCUT2D eigenvalue weighted by Crippen LogP contribution is 2.34. The number of amides is 1. The number of carbonyl (C=O) groups is 1. The van der Waals surface area contributed by atoms with Crippen LogP contribution in [0.5, 0.6) is 0 Å². The molecule has 6 nitrogen and oxygen atoms in total. The van der Waals surface area contributed by atoms with Gasteiger partial charge in [0.2, 0.25) is 0 Å². The Morgan fingerprint density at radius 2 is 1.80 bits per heavy atom. The molecule has 1 fully saturated rings. The molecule has 0 aliphatic carbocycles. The highest BCUT2D eigenvalue weighted by Gasteiger charge is 2.33. The van der Waals surface area contributed by atoms with E-state index in [1.54, 1.807) is 24.4 Å². The van der Waals surface area contributed by atoms with Crippen LogP contribution in [0.15, 0.2) is 52.3 Å². The number of anilines is 1. The number of aryl methyl sites for hydroxylation is 1. The van der Waals surface area contributed by atoms with E-state index >= 15 is 0 Å². The van der Waals surface area contributed by atoms with Gasteiger partial charge in [-0.2, -0.15) is 0 Å². The lowest BCUT2D eigenvalue weighted by atomic mass is 10.2. The summed E-state index contributed by atoms with van der Waals surface area (Å²) in [6.07, 6.45) is 5.12. The molecule has 0 atom stereocenters. The third kappa shape index (κ3) is 5.16. The smallest absolute Gasteiger partial charge is 0.267 e. The molecule has 2 aromatic heterocycles. The molecule has 1 amide bonds. The summed E-state index contributed by atoms with van der Waals surface area (Å²) < 4.78 is 15.2. The first-order valence-corrected chi connectivity index (χ1v) is 12.8. The molecule has 0 radical (unpaired) electrons. The van der Waals surface area contributed by atoms with Crippen LogP contribution in [0.3, 0.4) is 0 Å². The van der Waals surface area contributed by atoms with Gasteiger partial charge >= 0.3 is 0 Å². The Bertz CT molecular complexity index is 1360. The van der Waals surface area contributed by atoms with Gasteiger partial charge in [0.15, 0.2) is 0 Å². The van der Waals surface area contributed by atoms with E-state index < -0.39 is 0 Å². The van der Waals surface area contributed by atoms with E-state index in [1.807, 2.05) is 19.1 Å². The zero-order chi connectivity index (χ0) is 25.1. The van der Waals surface area contributed by atoms with Crippen LogP contribution in [0.2, 0.25) is 0 Å². The molecule has 4 rings (SSSR count). The molecule has 1 saturated heterocycles. The number of thioether (sulfide) groups is 1. The molecular weight excluding hydrogens is 483 g/mol. The number of pyridine rings is 1. The van der Waals surface area contributed by atoms with Crippen LogP contribution in [0.1, 0.15) is 43.4 Å². The number of hydrogen-bond donors (Lipinski definition) is 0. The van der Waals surface area contributed by atoms with Crippen LogP contribution in [0, 0.1) is 12.7 Å². The molecule has 9 heteroatoms. The molecule has 35 heavy (non-hydrogen) atoms. The Kier molecular flexibility index (Phi) is 7.66. The number of thiocarbonyl (C=S) groups is 1. The van der Waals surface area contributed by atoms with Gasteiger partial charge in [-0.25, -0.2) is 9.37 Å². The second-order valence-electron chi connectivity index (χ2n) is 8.42. The van der Waals surface area contributed by atoms with Crippen LogP contribution in [-0.4, -0.2) is 37.6 Å². The van der Waals surface area contributed by atoms with Gasteiger partial charge in [-0.1, -0.05) is 56.0 Å². The van der Waals surface area contributed by atoms with Gasteiger partial charge in [-0.05, 0) is 55.2 Å². The first-order chi connectivity index (χ1) is 16.8. The average molecular weight is 511 g/mol. The molecule has 1 aromatic carbocycles. The highest BCUT2D eigenvalue weighted by molar-refractivity contribution is 8.26. The van der Waals surface area contributed by atoms with Crippen molar-refractivity contribution in [3.63, 3.8) is 0 Å². The Balaban J connectivity index is 1.80. The summed E-state index contributed by atoms with van der Waals surface area (Å²) in [4.78, 5) is 35.8. The predicted molar refractivity (Wildman–Crippen MR) is 144 cm³/mol. The number of nitrogens with zero attached hydrogens (tertiary/aromatic N) is 4. The maximum Gasteiger partial charge on any atom is 0.267 e. The number of fused-ring (bicyclic) bond motifs is 1. The van der Waals surface area contributed by atoms with E-state index in [0.717, 1.165) is 48.8 Å². The van der Waals surface area contributed by atoms with Gasteiger partial charge in [0, 0.05) is 19.3 Å². The lowest BCUT2D eigenvalue weighted by molar-refractivity contribution is -0.122. The molecular formula is C26H27FN4O2S2. The van der Waals surface area contributed by atoms with Crippen molar-refractivity contribution in [2.75, 3.05) is 18.0 Å². The normalized spacial score (nSPS) is 15.0. The molecule has 0 bridgehead atoms. The first kappa shape index (κ1) is 25.1. The SMILES string of the molecule is CCCN(CCC)c1nc2c(C)cccn2c(=O)c1/C=C1\SC(=S)N(Cc2ccc(F)cc2)C1=O. The Labute approximate surface area is 213 Å². The maximum absolute atomic E-state index is 13.6. The molecule has 3 heterocycles. The fraction of sp³-hybridized carbons (Fsp3) is 0.308. The third-order valence-corrected chi connectivity index (χ3v) is 7.13. The minimum absolute atomic E-state index is 0.227. The molecule has 3 aromatic rings. The monoisotopic (exact) mass is 510 g/mol. The van der Waals surface area contributed by atoms with Crippen molar-refractivity contribution < 1.29 is 9.18 Å². The number of benzene rings is 1. The summed E-state index contributed by atoms with van der Waals surface area (Å²) in [6, 6.07) is 9.71. The van der Waals surface area contributed by atoms with Crippen molar-refractivity contribution in [1.29, 1.82) is 0 Å². The molecule has 0 N–H and O–H groups in total. The maximum atomic E-state index is 13.6. The number of rotatable bonds is 8. The van der Waals surface area contributed by atoms with E-state index in [-0.39, 0.29) is 23.8 Å². The predicted octanol–water partition coefficient (Wildman–Crippen LogP) is 5.17. The van der Waals surface area contributed by atoms with E-state index in [4.69, 9.17) is 17.2 Å². The minimum Gasteiger partial charge on any atom is -0.356 e. The third-order valence-electron chi connectivity index (χ3n) is 5.75. The van der Waals surface area contributed by atoms with Crippen LogP contribution in [-0.2, 0) is 11.3 Å². The Morgan fingerprint density at radius 1 is 1.11 bits per heavy atom. The van der Waals surface area contributed by atoms with Gasteiger partial charge in [0.05, 0.1) is 17.0 Å². The summed E-state index contributed by atoms with van der Waals surface area (Å²) in [5.74, 6) is -0.0341. The molecule has 0 saturated carbocycles. The second-order valence-corrected chi connectivity index (χ2v) is 10.1. The summed E-state index contributed by atoms with van der Waals surface area (Å²) in [5, 5.41) is 0. The second kappa shape index (κ2) is 10.7. The zero-order valence-electron chi connectivity index (χ0n) is 20.0. The highest BCUT2D eigenvalue weighted by atomic mass is 32.2. The summed E-state index contributed by atoms with van der Waals surface area (Å²) in [7, 11) is 0. The number of halogens is 1. The lowest BCUT2D eigenvalue weighted by Gasteiger charge is -2.25. The van der Waals surface area contributed by atoms with Gasteiger partial charge < -0.3 is 4.90 Å². The van der Waals surface area contributed by atoms with Crippen LogP contribution in [0.25, 0.3) is 11.7 Å². The van der Waals surface area contributed by atoms with E-state index in [9.17, 15) is 14.0 Å². The summed E-state index contributed by atoms with van der Waals surface area (Å²) >= 11 is 6.64. The van der Waals surface area contributed by atoms with Crippen molar-refractivity contribution in [2.24, 2.45) is 0 Å². The number of hydrogen-bond acceptors (Lipinski definition) is 6. The van der Waals surface area contributed by atoms with Gasteiger partial charge in [-0.3, -0.25) is 18.9 Å². The van der Waals surface area contributed by atoms with E-state index in [0.29, 0.717) is 26.3 Å². The van der Waals surface area contributed by atoms with Crippen molar-refractivity contribution in [1.82, 2.24) is 14.3 Å². The molecule has 1 aliphatic heterocycles. The van der Waals surface area contributed by atoms with Crippen molar-refractivity contribution in [3.05, 3.63) is 80.4 Å². The average Bonchev–Trinajstić information content (AvgIpc) is 3.10. The van der Waals surface area contributed by atoms with Crippen LogP contribution in [0.4, 0.5) is 10.2 Å². The van der Waals surface area contributed by atoms with Crippen molar-refractivity contribution >= 4 is 51.7 Å². The molecule has 1 aliphatic rings. The van der Waals surface area contributed by atoms with Crippen LogP contribution < -0.4 is 10.5 Å². The molecule has 0 unspecified atom stereocenters. The zero-order valence-corrected chi connectivity index (χ0v) is 21.6. The van der Waals surface area contributed by atoms with Crippen LogP contribution >= 0.6 is 24.0 Å². The standard InChI is InChI=1S/C26H27FN4O2S2/c1-4-12-29(13-5-2)23-20(24(32)30-14-6-7-17(3)22(30)28-23)15-21-25(33)31(26(34)35-21)16-18-8-10-19(27)11-9-18/h6-11,14-15H,4-5,12-13,16H2,1-3H3/b21-15-. The fourth-order valence-electron chi connectivity index (χ4n) is 4.07. The Hall–Kier alpha value is -3.04.